The van der Waals surface area contributed by atoms with Crippen LogP contribution < -0.4 is 5.32 Å². The number of nitrogens with one attached hydrogen (secondary N) is 1. The van der Waals surface area contributed by atoms with Gasteiger partial charge in [-0.25, -0.2) is 4.98 Å². The van der Waals surface area contributed by atoms with Gasteiger partial charge in [0.1, 0.15) is 11.5 Å². The van der Waals surface area contributed by atoms with Crippen LogP contribution in [-0.4, -0.2) is 15.9 Å². The van der Waals surface area contributed by atoms with Gasteiger partial charge in [-0.3, -0.25) is 4.79 Å². The molecule has 0 fully saturated rings. The quantitative estimate of drug-likeness (QED) is 0.244. The highest BCUT2D eigenvalue weighted by molar-refractivity contribution is 6.36. The van der Waals surface area contributed by atoms with Crippen LogP contribution in [0.4, 0.5) is 5.69 Å². The number of carbonyl (C=O) groups is 1. The predicted molar refractivity (Wildman–Crippen MR) is 134 cm³/mol. The number of benzene rings is 2. The first-order valence-corrected chi connectivity index (χ1v) is 11.2. The molecule has 0 aliphatic heterocycles. The lowest BCUT2D eigenvalue weighted by molar-refractivity contribution is -0.111. The number of rotatable bonds is 5. The van der Waals surface area contributed by atoms with Crippen molar-refractivity contribution in [1.82, 2.24) is 9.97 Å². The van der Waals surface area contributed by atoms with Crippen LogP contribution in [0, 0.1) is 0 Å². The maximum Gasteiger partial charge on any atom is 0.248 e. The average molecular weight is 511 g/mol. The van der Waals surface area contributed by atoms with E-state index in [9.17, 15) is 4.79 Å². The van der Waals surface area contributed by atoms with E-state index in [0.29, 0.717) is 60.5 Å². The first-order chi connectivity index (χ1) is 16.5. The summed E-state index contributed by atoms with van der Waals surface area (Å²) in [6.07, 6.45) is 4.56. The number of pyridine rings is 1. The van der Waals surface area contributed by atoms with Crippen molar-refractivity contribution >= 4 is 63.7 Å². The van der Waals surface area contributed by atoms with Crippen LogP contribution in [0.15, 0.2) is 81.8 Å². The number of hydrogen-bond donors (Lipinski definition) is 1. The molecule has 0 aliphatic rings. The summed E-state index contributed by atoms with van der Waals surface area (Å²) in [7, 11) is 0. The minimum absolute atomic E-state index is 0.314. The van der Waals surface area contributed by atoms with E-state index in [2.05, 4.69) is 15.3 Å². The molecule has 0 saturated heterocycles. The van der Waals surface area contributed by atoms with Crippen molar-refractivity contribution in [2.24, 2.45) is 0 Å². The van der Waals surface area contributed by atoms with Gasteiger partial charge in [-0.05, 0) is 66.7 Å². The van der Waals surface area contributed by atoms with Gasteiger partial charge in [0.05, 0.1) is 15.6 Å². The summed E-state index contributed by atoms with van der Waals surface area (Å²) in [5.41, 5.74) is 2.79. The molecule has 3 aromatic heterocycles. The van der Waals surface area contributed by atoms with E-state index in [1.807, 2.05) is 0 Å². The minimum atomic E-state index is -0.352. The molecular weight excluding hydrogens is 497 g/mol. The Bertz CT molecular complexity index is 1520. The Labute approximate surface area is 208 Å². The third kappa shape index (κ3) is 4.70. The Morgan fingerprint density at radius 2 is 1.79 bits per heavy atom. The number of carbonyl (C=O) groups excluding carboxylic acids is 1. The fourth-order valence-electron chi connectivity index (χ4n) is 3.27. The number of aromatic nitrogens is 2. The third-order valence-electron chi connectivity index (χ3n) is 4.85. The van der Waals surface area contributed by atoms with Crippen LogP contribution in [0.2, 0.25) is 15.1 Å². The van der Waals surface area contributed by atoms with Crippen molar-refractivity contribution in [3.8, 4) is 22.8 Å². The molecule has 34 heavy (non-hydrogen) atoms. The van der Waals surface area contributed by atoms with Gasteiger partial charge < -0.3 is 14.2 Å². The van der Waals surface area contributed by atoms with E-state index in [4.69, 9.17) is 43.6 Å². The van der Waals surface area contributed by atoms with Gasteiger partial charge in [-0.1, -0.05) is 34.8 Å². The molecule has 0 aliphatic carbocycles. The fraction of sp³-hybridized carbons (Fsp3) is 0. The number of anilines is 1. The number of furan rings is 1. The monoisotopic (exact) mass is 509 g/mol. The van der Waals surface area contributed by atoms with Gasteiger partial charge in [0.15, 0.2) is 11.2 Å². The Morgan fingerprint density at radius 3 is 2.62 bits per heavy atom. The van der Waals surface area contributed by atoms with E-state index in [1.54, 1.807) is 72.9 Å². The van der Waals surface area contributed by atoms with Crippen molar-refractivity contribution < 1.29 is 13.6 Å². The zero-order valence-electron chi connectivity index (χ0n) is 17.3. The van der Waals surface area contributed by atoms with E-state index in [0.717, 1.165) is 0 Å². The molecule has 2 aromatic carbocycles. The molecule has 6 nitrogen and oxygen atoms in total. The van der Waals surface area contributed by atoms with Gasteiger partial charge in [-0.2, -0.15) is 4.98 Å². The van der Waals surface area contributed by atoms with E-state index in [1.165, 1.54) is 6.08 Å². The normalized spacial score (nSPS) is 11.4. The number of hydrogen-bond acceptors (Lipinski definition) is 5. The standard InChI is InChI=1S/C25H14Cl3N3O3/c26-14-3-7-17(20(28)12-14)21-9-5-16(33-21)6-10-23(32)30-15-4-8-19(27)18(13-15)25-31-24-22(34-25)2-1-11-29-24/h1-13H,(H,30,32). The third-order valence-corrected chi connectivity index (χ3v) is 5.73. The van der Waals surface area contributed by atoms with Crippen LogP contribution in [0.3, 0.4) is 0 Å². The Hall–Kier alpha value is -3.58. The molecule has 0 bridgehead atoms. The lowest BCUT2D eigenvalue weighted by Crippen LogP contribution is -2.07. The average Bonchev–Trinajstić information content (AvgIpc) is 3.46. The number of nitrogens with zero attached hydrogens (tertiary/aromatic N) is 2. The molecular formula is C25H14Cl3N3O3. The predicted octanol–water partition coefficient (Wildman–Crippen LogP) is 7.76. The number of oxazole rings is 1. The lowest BCUT2D eigenvalue weighted by atomic mass is 10.2. The van der Waals surface area contributed by atoms with Gasteiger partial charge in [-0.15, -0.1) is 0 Å². The van der Waals surface area contributed by atoms with Crippen molar-refractivity contribution in [2.45, 2.75) is 0 Å². The van der Waals surface area contributed by atoms with Crippen molar-refractivity contribution in [2.75, 3.05) is 5.32 Å². The molecule has 9 heteroatoms. The second-order valence-corrected chi connectivity index (χ2v) is 8.44. The summed E-state index contributed by atoms with van der Waals surface area (Å²) in [5, 5.41) is 4.24. The van der Waals surface area contributed by atoms with Crippen molar-refractivity contribution in [1.29, 1.82) is 0 Å². The Kier molecular flexibility index (Phi) is 6.11. The largest absolute Gasteiger partial charge is 0.457 e. The first kappa shape index (κ1) is 22.2. The first-order valence-electron chi connectivity index (χ1n) is 10.0. The molecule has 5 aromatic rings. The number of halogens is 3. The molecule has 0 saturated carbocycles. The Balaban J connectivity index is 1.31. The van der Waals surface area contributed by atoms with E-state index < -0.39 is 0 Å². The van der Waals surface area contributed by atoms with Crippen LogP contribution in [-0.2, 0) is 4.79 Å². The molecule has 0 spiro atoms. The maximum atomic E-state index is 12.5. The second kappa shape index (κ2) is 9.35. The second-order valence-electron chi connectivity index (χ2n) is 7.19. The summed E-state index contributed by atoms with van der Waals surface area (Å²) in [4.78, 5) is 21.0. The zero-order chi connectivity index (χ0) is 23.7. The molecule has 168 valence electrons. The molecule has 3 heterocycles. The van der Waals surface area contributed by atoms with E-state index >= 15 is 0 Å². The van der Waals surface area contributed by atoms with Crippen LogP contribution in [0.5, 0.6) is 0 Å². The van der Waals surface area contributed by atoms with E-state index in [-0.39, 0.29) is 5.91 Å². The lowest BCUT2D eigenvalue weighted by Gasteiger charge is -2.05. The van der Waals surface area contributed by atoms with Crippen LogP contribution in [0.25, 0.3) is 40.1 Å². The van der Waals surface area contributed by atoms with Gasteiger partial charge >= 0.3 is 0 Å². The molecule has 0 atom stereocenters. The number of amides is 1. The van der Waals surface area contributed by atoms with Gasteiger partial charge in [0, 0.05) is 28.5 Å². The van der Waals surface area contributed by atoms with Gasteiger partial charge in [0.2, 0.25) is 11.8 Å². The molecule has 1 N–H and O–H groups in total. The molecule has 5 rings (SSSR count). The smallest absolute Gasteiger partial charge is 0.248 e. The highest BCUT2D eigenvalue weighted by Gasteiger charge is 2.14. The van der Waals surface area contributed by atoms with Crippen molar-refractivity contribution in [3.63, 3.8) is 0 Å². The summed E-state index contributed by atoms with van der Waals surface area (Å²) in [6.45, 7) is 0. The molecule has 0 unspecified atom stereocenters. The summed E-state index contributed by atoms with van der Waals surface area (Å²) >= 11 is 18.5. The summed E-state index contributed by atoms with van der Waals surface area (Å²) in [5.74, 6) is 1.02. The number of fused-ring (bicyclic) bond motifs is 1. The minimum Gasteiger partial charge on any atom is -0.457 e. The van der Waals surface area contributed by atoms with Crippen LogP contribution in [0.1, 0.15) is 5.76 Å². The summed E-state index contributed by atoms with van der Waals surface area (Å²) in [6, 6.07) is 17.2. The Morgan fingerprint density at radius 1 is 0.912 bits per heavy atom. The maximum absolute atomic E-state index is 12.5. The van der Waals surface area contributed by atoms with Crippen molar-refractivity contribution in [3.05, 3.63) is 93.8 Å². The zero-order valence-corrected chi connectivity index (χ0v) is 19.5. The molecule has 1 amide bonds. The highest BCUT2D eigenvalue weighted by Crippen LogP contribution is 2.33. The van der Waals surface area contributed by atoms with Crippen LogP contribution >= 0.6 is 34.8 Å². The fourth-order valence-corrected chi connectivity index (χ4v) is 3.97. The van der Waals surface area contributed by atoms with Gasteiger partial charge in [0.25, 0.3) is 0 Å². The summed E-state index contributed by atoms with van der Waals surface area (Å²) < 4.78 is 11.5. The SMILES string of the molecule is O=C(C=Cc1ccc(-c2ccc(Cl)cc2Cl)o1)Nc1ccc(Cl)c(-c2nc3ncccc3o2)c1. The molecule has 0 radical (unpaired) electrons. The topological polar surface area (TPSA) is 81.2 Å². The highest BCUT2D eigenvalue weighted by atomic mass is 35.5.